The van der Waals surface area contributed by atoms with Gasteiger partial charge in [0.2, 0.25) is 5.91 Å². The van der Waals surface area contributed by atoms with Crippen molar-refractivity contribution in [1.29, 1.82) is 0 Å². The molecule has 0 saturated heterocycles. The van der Waals surface area contributed by atoms with Crippen LogP contribution in [0.2, 0.25) is 0 Å². The van der Waals surface area contributed by atoms with E-state index >= 15 is 0 Å². The number of benzene rings is 3. The molecule has 0 unspecified atom stereocenters. The molecule has 0 spiro atoms. The first-order valence-electron chi connectivity index (χ1n) is 9.58. The van der Waals surface area contributed by atoms with Crippen molar-refractivity contribution in [3.8, 4) is 5.69 Å². The molecule has 0 aliphatic carbocycles. The number of aromatic nitrogens is 2. The van der Waals surface area contributed by atoms with Gasteiger partial charge in [-0.3, -0.25) is 14.2 Å². The van der Waals surface area contributed by atoms with Gasteiger partial charge in [0, 0.05) is 12.7 Å². The minimum atomic E-state index is -0.138. The third-order valence-electron chi connectivity index (χ3n) is 4.94. The maximum absolute atomic E-state index is 13.3. The van der Waals surface area contributed by atoms with Crippen LogP contribution in [-0.2, 0) is 4.79 Å². The van der Waals surface area contributed by atoms with Crippen LogP contribution in [0.3, 0.4) is 0 Å². The number of fused-ring (bicyclic) bond motifs is 1. The monoisotopic (exact) mass is 415 g/mol. The largest absolute Gasteiger partial charge is 0.315 e. The summed E-state index contributed by atoms with van der Waals surface area (Å²) in [6, 6.07) is 24.5. The molecule has 0 bridgehead atoms. The highest BCUT2D eigenvalue weighted by molar-refractivity contribution is 7.99. The van der Waals surface area contributed by atoms with Gasteiger partial charge in [0.25, 0.3) is 5.56 Å². The fourth-order valence-corrected chi connectivity index (χ4v) is 4.17. The third-order valence-corrected chi connectivity index (χ3v) is 5.87. The fraction of sp³-hybridized carbons (Fsp3) is 0.125. The van der Waals surface area contributed by atoms with E-state index in [1.165, 1.54) is 11.8 Å². The fourth-order valence-electron chi connectivity index (χ4n) is 3.25. The number of anilines is 1. The highest BCUT2D eigenvalue weighted by atomic mass is 32.2. The molecule has 30 heavy (non-hydrogen) atoms. The molecule has 0 fully saturated rings. The van der Waals surface area contributed by atoms with Gasteiger partial charge in [-0.25, -0.2) is 4.98 Å². The number of aryl methyl sites for hydroxylation is 1. The normalized spacial score (nSPS) is 10.9. The zero-order valence-corrected chi connectivity index (χ0v) is 17.6. The Bertz CT molecular complexity index is 1270. The SMILES string of the molecule is Cc1ccccc1-n1c(SCC(=O)N(C)c2ccccc2)nc2ccccc2c1=O. The molecule has 4 rings (SSSR count). The highest BCUT2D eigenvalue weighted by Crippen LogP contribution is 2.24. The van der Waals surface area contributed by atoms with E-state index in [1.54, 1.807) is 22.6 Å². The van der Waals surface area contributed by atoms with Crippen molar-refractivity contribution in [3.05, 3.63) is 94.8 Å². The summed E-state index contributed by atoms with van der Waals surface area (Å²) in [5.74, 6) is 0.104. The predicted octanol–water partition coefficient (Wildman–Crippen LogP) is 4.45. The van der Waals surface area contributed by atoms with Gasteiger partial charge in [0.15, 0.2) is 5.16 Å². The van der Waals surface area contributed by atoms with Crippen molar-refractivity contribution in [3.63, 3.8) is 0 Å². The molecular formula is C24H21N3O2S. The Morgan fingerprint density at radius 3 is 2.40 bits per heavy atom. The Labute approximate surface area is 179 Å². The van der Waals surface area contributed by atoms with Crippen LogP contribution >= 0.6 is 11.8 Å². The molecule has 1 heterocycles. The van der Waals surface area contributed by atoms with Crippen molar-refractivity contribution in [1.82, 2.24) is 9.55 Å². The summed E-state index contributed by atoms with van der Waals surface area (Å²) in [6.07, 6.45) is 0. The first kappa shape index (κ1) is 19.9. The number of nitrogens with zero attached hydrogens (tertiary/aromatic N) is 3. The lowest BCUT2D eigenvalue weighted by Crippen LogP contribution is -2.28. The minimum absolute atomic E-state index is 0.0649. The number of amides is 1. The second-order valence-corrected chi connectivity index (χ2v) is 7.86. The topological polar surface area (TPSA) is 55.2 Å². The van der Waals surface area contributed by atoms with E-state index in [0.29, 0.717) is 16.1 Å². The van der Waals surface area contributed by atoms with Gasteiger partial charge in [0.1, 0.15) is 0 Å². The molecule has 0 aliphatic heterocycles. The summed E-state index contributed by atoms with van der Waals surface area (Å²) in [6.45, 7) is 1.96. The second kappa shape index (κ2) is 8.55. The molecule has 150 valence electrons. The average Bonchev–Trinajstić information content (AvgIpc) is 2.78. The standard InChI is InChI=1S/C24H21N3O2S/c1-17-10-6-9-15-21(17)27-23(29)19-13-7-8-14-20(19)25-24(27)30-16-22(28)26(2)18-11-4-3-5-12-18/h3-15H,16H2,1-2H3. The van der Waals surface area contributed by atoms with Crippen LogP contribution in [-0.4, -0.2) is 28.3 Å². The quantitative estimate of drug-likeness (QED) is 0.357. The van der Waals surface area contributed by atoms with Crippen molar-refractivity contribution >= 4 is 34.3 Å². The smallest absolute Gasteiger partial charge is 0.266 e. The maximum atomic E-state index is 13.3. The van der Waals surface area contributed by atoms with Crippen LogP contribution in [0.15, 0.2) is 88.8 Å². The molecule has 0 aliphatic rings. The van der Waals surface area contributed by atoms with Crippen LogP contribution in [0.25, 0.3) is 16.6 Å². The van der Waals surface area contributed by atoms with Crippen molar-refractivity contribution in [2.45, 2.75) is 12.1 Å². The number of rotatable bonds is 5. The number of carbonyl (C=O) groups is 1. The third kappa shape index (κ3) is 3.86. The lowest BCUT2D eigenvalue weighted by Gasteiger charge is -2.18. The van der Waals surface area contributed by atoms with E-state index in [1.807, 2.05) is 79.7 Å². The Morgan fingerprint density at radius 2 is 1.63 bits per heavy atom. The number of hydrogen-bond acceptors (Lipinski definition) is 4. The molecule has 0 saturated carbocycles. The van der Waals surface area contributed by atoms with Gasteiger partial charge >= 0.3 is 0 Å². The van der Waals surface area contributed by atoms with E-state index in [0.717, 1.165) is 16.9 Å². The number of carbonyl (C=O) groups excluding carboxylic acids is 1. The van der Waals surface area contributed by atoms with Gasteiger partial charge in [-0.1, -0.05) is 60.3 Å². The first-order chi connectivity index (χ1) is 14.6. The molecular weight excluding hydrogens is 394 g/mol. The van der Waals surface area contributed by atoms with Crippen molar-refractivity contribution < 1.29 is 4.79 Å². The Kier molecular flexibility index (Phi) is 5.68. The predicted molar refractivity (Wildman–Crippen MR) is 123 cm³/mol. The van der Waals surface area contributed by atoms with E-state index in [2.05, 4.69) is 0 Å². The summed E-state index contributed by atoms with van der Waals surface area (Å²) in [5.41, 5.74) is 3.05. The lowest BCUT2D eigenvalue weighted by molar-refractivity contribution is -0.115. The second-order valence-electron chi connectivity index (χ2n) is 6.92. The summed E-state index contributed by atoms with van der Waals surface area (Å²) in [4.78, 5) is 32.4. The number of thioether (sulfide) groups is 1. The first-order valence-corrected chi connectivity index (χ1v) is 10.6. The molecule has 3 aromatic carbocycles. The van der Waals surface area contributed by atoms with Gasteiger partial charge in [-0.05, 0) is 42.8 Å². The van der Waals surface area contributed by atoms with Crippen LogP contribution < -0.4 is 10.5 Å². The van der Waals surface area contributed by atoms with Gasteiger partial charge < -0.3 is 4.90 Å². The zero-order chi connectivity index (χ0) is 21.1. The van der Waals surface area contributed by atoms with E-state index < -0.39 is 0 Å². The molecule has 1 aromatic heterocycles. The summed E-state index contributed by atoms with van der Waals surface area (Å²) < 4.78 is 1.61. The van der Waals surface area contributed by atoms with Crippen LogP contribution in [0.4, 0.5) is 5.69 Å². The average molecular weight is 416 g/mol. The van der Waals surface area contributed by atoms with Crippen LogP contribution in [0, 0.1) is 6.92 Å². The Hall–Kier alpha value is -3.38. The molecule has 5 nitrogen and oxygen atoms in total. The van der Waals surface area contributed by atoms with Crippen LogP contribution in [0.1, 0.15) is 5.56 Å². The molecule has 4 aromatic rings. The summed E-state index contributed by atoms with van der Waals surface area (Å²) in [7, 11) is 1.75. The molecule has 0 N–H and O–H groups in total. The molecule has 0 atom stereocenters. The zero-order valence-electron chi connectivity index (χ0n) is 16.8. The van der Waals surface area contributed by atoms with Crippen LogP contribution in [0.5, 0.6) is 0 Å². The Morgan fingerprint density at radius 1 is 0.967 bits per heavy atom. The van der Waals surface area contributed by atoms with Gasteiger partial charge in [-0.2, -0.15) is 0 Å². The Balaban J connectivity index is 1.73. The molecule has 1 amide bonds. The summed E-state index contributed by atoms with van der Waals surface area (Å²) >= 11 is 1.27. The van der Waals surface area contributed by atoms with Crippen molar-refractivity contribution in [2.24, 2.45) is 0 Å². The van der Waals surface area contributed by atoms with Gasteiger partial charge in [0.05, 0.1) is 22.3 Å². The summed E-state index contributed by atoms with van der Waals surface area (Å²) in [5, 5.41) is 1.06. The lowest BCUT2D eigenvalue weighted by atomic mass is 10.2. The van der Waals surface area contributed by atoms with Crippen molar-refractivity contribution in [2.75, 3.05) is 17.7 Å². The minimum Gasteiger partial charge on any atom is -0.315 e. The van der Waals surface area contributed by atoms with E-state index in [9.17, 15) is 9.59 Å². The molecule has 6 heteroatoms. The maximum Gasteiger partial charge on any atom is 0.266 e. The van der Waals surface area contributed by atoms with E-state index in [4.69, 9.17) is 4.98 Å². The van der Waals surface area contributed by atoms with Gasteiger partial charge in [-0.15, -0.1) is 0 Å². The number of para-hydroxylation sites is 3. The number of hydrogen-bond donors (Lipinski definition) is 0. The highest BCUT2D eigenvalue weighted by Gasteiger charge is 2.17. The molecule has 0 radical (unpaired) electrons. The van der Waals surface area contributed by atoms with E-state index in [-0.39, 0.29) is 17.2 Å².